The Balaban J connectivity index is 1.67. The quantitative estimate of drug-likeness (QED) is 0.905. The van der Waals surface area contributed by atoms with Crippen molar-refractivity contribution in [1.82, 2.24) is 4.90 Å². The van der Waals surface area contributed by atoms with Crippen LogP contribution in [0.15, 0.2) is 24.3 Å². The van der Waals surface area contributed by atoms with Crippen molar-refractivity contribution in [2.75, 3.05) is 18.1 Å². The molecule has 0 radical (unpaired) electrons. The summed E-state index contributed by atoms with van der Waals surface area (Å²) < 4.78 is 0. The smallest absolute Gasteiger partial charge is 0.304 e. The number of hydrogen-bond donors (Lipinski definition) is 1. The molecule has 3 rings (SSSR count). The lowest BCUT2D eigenvalue weighted by molar-refractivity contribution is -0.138. The van der Waals surface area contributed by atoms with Gasteiger partial charge in [0.2, 0.25) is 0 Å². The topological polar surface area (TPSA) is 40.5 Å². The summed E-state index contributed by atoms with van der Waals surface area (Å²) in [6.07, 6.45) is 2.91. The Kier molecular flexibility index (Phi) is 4.32. The van der Waals surface area contributed by atoms with Gasteiger partial charge in [-0.25, -0.2) is 0 Å². The minimum atomic E-state index is -0.686. The number of hydrogen-bond acceptors (Lipinski definition) is 3. The first-order valence-electron chi connectivity index (χ1n) is 7.35. The van der Waals surface area contributed by atoms with Gasteiger partial charge in [-0.2, -0.15) is 11.8 Å². The molecule has 108 valence electrons. The first-order chi connectivity index (χ1) is 9.72. The fraction of sp³-hybridized carbons (Fsp3) is 0.562. The van der Waals surface area contributed by atoms with E-state index in [-0.39, 0.29) is 12.5 Å². The molecule has 1 N–H and O–H groups in total. The normalized spacial score (nSPS) is 23.7. The van der Waals surface area contributed by atoms with Crippen molar-refractivity contribution in [3.05, 3.63) is 35.4 Å². The minimum absolute atomic E-state index is 0.177. The molecule has 1 saturated carbocycles. The van der Waals surface area contributed by atoms with Crippen LogP contribution in [-0.4, -0.2) is 40.1 Å². The second-order valence-corrected chi connectivity index (χ2v) is 6.97. The van der Waals surface area contributed by atoms with Crippen LogP contribution in [0.25, 0.3) is 0 Å². The third kappa shape index (κ3) is 3.55. The van der Waals surface area contributed by atoms with Gasteiger partial charge in [-0.1, -0.05) is 24.3 Å². The number of benzene rings is 1. The van der Waals surface area contributed by atoms with Crippen LogP contribution in [0.2, 0.25) is 0 Å². The van der Waals surface area contributed by atoms with Gasteiger partial charge in [0.1, 0.15) is 0 Å². The van der Waals surface area contributed by atoms with Crippen molar-refractivity contribution in [2.45, 2.75) is 37.8 Å². The predicted molar refractivity (Wildman–Crippen MR) is 82.2 cm³/mol. The second kappa shape index (κ2) is 6.19. The molecule has 1 saturated heterocycles. The lowest BCUT2D eigenvalue weighted by Gasteiger charge is -2.34. The summed E-state index contributed by atoms with van der Waals surface area (Å²) >= 11 is 1.87. The monoisotopic (exact) mass is 291 g/mol. The van der Waals surface area contributed by atoms with Crippen LogP contribution < -0.4 is 0 Å². The van der Waals surface area contributed by atoms with E-state index in [2.05, 4.69) is 29.2 Å². The van der Waals surface area contributed by atoms with Gasteiger partial charge in [-0.15, -0.1) is 0 Å². The second-order valence-electron chi connectivity index (χ2n) is 5.82. The van der Waals surface area contributed by atoms with E-state index in [0.717, 1.165) is 30.5 Å². The Bertz CT molecular complexity index is 487. The van der Waals surface area contributed by atoms with Gasteiger partial charge in [0.15, 0.2) is 0 Å². The van der Waals surface area contributed by atoms with Crippen LogP contribution in [0.3, 0.4) is 0 Å². The molecule has 1 aliphatic carbocycles. The summed E-state index contributed by atoms with van der Waals surface area (Å²) in [6, 6.07) is 9.04. The van der Waals surface area contributed by atoms with Crippen molar-refractivity contribution in [3.63, 3.8) is 0 Å². The first-order valence-corrected chi connectivity index (χ1v) is 8.50. The maximum Gasteiger partial charge on any atom is 0.304 e. The van der Waals surface area contributed by atoms with Crippen LogP contribution in [0.4, 0.5) is 0 Å². The Morgan fingerprint density at radius 3 is 3.00 bits per heavy atom. The maximum atomic E-state index is 11.0. The van der Waals surface area contributed by atoms with Crippen LogP contribution >= 0.6 is 11.8 Å². The third-order valence-corrected chi connectivity index (χ3v) is 5.24. The molecule has 1 aromatic rings. The number of rotatable bonds is 5. The van der Waals surface area contributed by atoms with E-state index < -0.39 is 5.97 Å². The van der Waals surface area contributed by atoms with Gasteiger partial charge in [-0.05, 0) is 29.9 Å². The molecule has 0 amide bonds. The molecular formula is C16H21NO2S. The van der Waals surface area contributed by atoms with Crippen molar-refractivity contribution < 1.29 is 9.90 Å². The van der Waals surface area contributed by atoms with E-state index in [1.54, 1.807) is 0 Å². The van der Waals surface area contributed by atoms with Crippen molar-refractivity contribution >= 4 is 17.7 Å². The Morgan fingerprint density at radius 2 is 2.25 bits per heavy atom. The van der Waals surface area contributed by atoms with E-state index in [9.17, 15) is 4.79 Å². The molecule has 1 heterocycles. The van der Waals surface area contributed by atoms with E-state index in [4.69, 9.17) is 5.11 Å². The van der Waals surface area contributed by atoms with Gasteiger partial charge < -0.3 is 5.11 Å². The zero-order chi connectivity index (χ0) is 13.9. The number of carboxylic acid groups (broad SMARTS) is 1. The highest BCUT2D eigenvalue weighted by Crippen LogP contribution is 2.40. The van der Waals surface area contributed by atoms with Crippen molar-refractivity contribution in [3.8, 4) is 0 Å². The lowest BCUT2D eigenvalue weighted by Crippen LogP contribution is -2.42. The fourth-order valence-electron chi connectivity index (χ4n) is 2.88. The summed E-state index contributed by atoms with van der Waals surface area (Å²) in [6.45, 7) is 1.88. The van der Waals surface area contributed by atoms with Crippen LogP contribution in [0.1, 0.15) is 36.3 Å². The van der Waals surface area contributed by atoms with Gasteiger partial charge in [0.25, 0.3) is 0 Å². The Hall–Kier alpha value is -1.00. The summed E-state index contributed by atoms with van der Waals surface area (Å²) in [5.74, 6) is 2.14. The molecular weight excluding hydrogens is 270 g/mol. The van der Waals surface area contributed by atoms with Gasteiger partial charge in [-0.3, -0.25) is 9.69 Å². The Labute approximate surface area is 124 Å². The van der Waals surface area contributed by atoms with Crippen LogP contribution in [-0.2, 0) is 11.3 Å². The first kappa shape index (κ1) is 14.0. The Morgan fingerprint density at radius 1 is 1.40 bits per heavy atom. The number of aliphatic carboxylic acids is 1. The number of carbonyl (C=O) groups is 1. The van der Waals surface area contributed by atoms with Gasteiger partial charge in [0, 0.05) is 30.6 Å². The van der Waals surface area contributed by atoms with Crippen LogP contribution in [0, 0.1) is 0 Å². The molecule has 1 atom stereocenters. The maximum absolute atomic E-state index is 11.0. The molecule has 3 nitrogen and oxygen atoms in total. The minimum Gasteiger partial charge on any atom is -0.481 e. The highest BCUT2D eigenvalue weighted by Gasteiger charge is 2.26. The number of carboxylic acids is 1. The molecule has 2 aliphatic rings. The molecule has 4 heteroatoms. The average molecular weight is 291 g/mol. The highest BCUT2D eigenvalue weighted by atomic mass is 32.2. The SMILES string of the molecule is O=C(O)CC1CSCCN1Cc1cccc(C2CC2)c1. The standard InChI is InChI=1S/C16H21NO2S/c18-16(19)9-15-11-20-7-6-17(15)10-12-2-1-3-14(8-12)13-4-5-13/h1-3,8,13,15H,4-7,9-11H2,(H,18,19). The van der Waals surface area contributed by atoms with Gasteiger partial charge in [0.05, 0.1) is 6.42 Å². The van der Waals surface area contributed by atoms with Gasteiger partial charge >= 0.3 is 5.97 Å². The molecule has 1 unspecified atom stereocenters. The molecule has 1 aromatic carbocycles. The number of thioether (sulfide) groups is 1. The van der Waals surface area contributed by atoms with E-state index in [0.29, 0.717) is 0 Å². The zero-order valence-corrected chi connectivity index (χ0v) is 12.4. The highest BCUT2D eigenvalue weighted by molar-refractivity contribution is 7.99. The summed E-state index contributed by atoms with van der Waals surface area (Å²) in [7, 11) is 0. The lowest BCUT2D eigenvalue weighted by atomic mass is 10.1. The largest absolute Gasteiger partial charge is 0.481 e. The van der Waals surface area contributed by atoms with Crippen LogP contribution in [0.5, 0.6) is 0 Å². The van der Waals surface area contributed by atoms with E-state index in [1.165, 1.54) is 24.0 Å². The molecule has 1 aliphatic heterocycles. The van der Waals surface area contributed by atoms with E-state index in [1.807, 2.05) is 11.8 Å². The summed E-state index contributed by atoms with van der Waals surface area (Å²) in [5, 5.41) is 9.04. The molecule has 0 spiro atoms. The molecule has 0 aromatic heterocycles. The third-order valence-electron chi connectivity index (χ3n) is 4.15. The molecule has 2 fully saturated rings. The number of nitrogens with zero attached hydrogens (tertiary/aromatic N) is 1. The van der Waals surface area contributed by atoms with Crippen molar-refractivity contribution in [1.29, 1.82) is 0 Å². The average Bonchev–Trinajstić information content (AvgIpc) is 3.25. The van der Waals surface area contributed by atoms with E-state index >= 15 is 0 Å². The fourth-order valence-corrected chi connectivity index (χ4v) is 4.01. The predicted octanol–water partition coefficient (Wildman–Crippen LogP) is 2.96. The summed E-state index contributed by atoms with van der Waals surface area (Å²) in [4.78, 5) is 13.3. The zero-order valence-electron chi connectivity index (χ0n) is 11.6. The summed E-state index contributed by atoms with van der Waals surface area (Å²) in [5.41, 5.74) is 2.79. The molecule has 20 heavy (non-hydrogen) atoms. The van der Waals surface area contributed by atoms with Crippen molar-refractivity contribution in [2.24, 2.45) is 0 Å². The molecule has 0 bridgehead atoms.